The summed E-state index contributed by atoms with van der Waals surface area (Å²) in [7, 11) is 1.40. The molecule has 1 N–H and O–H groups in total. The lowest BCUT2D eigenvalue weighted by molar-refractivity contribution is 0.0957. The number of aromatic nitrogens is 2. The second-order valence-corrected chi connectivity index (χ2v) is 2.03. The molecule has 0 saturated carbocycles. The molecule has 1 amide bonds. The van der Waals surface area contributed by atoms with Gasteiger partial charge in [-0.1, -0.05) is 11.6 Å². The van der Waals surface area contributed by atoms with Crippen LogP contribution in [-0.2, 0) is 0 Å². The molecule has 0 unspecified atom stereocenters. The smallest absolute Gasteiger partial charge is 0.271 e. The number of carbonyl (C=O) groups excluding carboxylic acids is 1. The molecule has 1 heterocycles. The molecule has 0 aliphatic rings. The van der Waals surface area contributed by atoms with E-state index in [0.717, 1.165) is 0 Å². The van der Waals surface area contributed by atoms with Crippen molar-refractivity contribution in [1.82, 2.24) is 15.5 Å². The van der Waals surface area contributed by atoms with Crippen molar-refractivity contribution in [2.24, 2.45) is 0 Å². The Morgan fingerprint density at radius 1 is 1.73 bits per heavy atom. The van der Waals surface area contributed by atoms with Gasteiger partial charge in [0.25, 0.3) is 5.91 Å². The highest BCUT2D eigenvalue weighted by molar-refractivity contribution is 6.29. The number of hydrogen-bond acceptors (Lipinski definition) is 3. The SMILES string of the molecule is [2H]c1c(Cl)nnc(C(=O)NC)c1[2H]. The highest BCUT2D eigenvalue weighted by atomic mass is 35.5. The van der Waals surface area contributed by atoms with Crippen LogP contribution >= 0.6 is 11.6 Å². The molecule has 0 aliphatic carbocycles. The lowest BCUT2D eigenvalue weighted by Gasteiger charge is -1.95. The summed E-state index contributed by atoms with van der Waals surface area (Å²) in [5.74, 6) is -0.553. The van der Waals surface area contributed by atoms with E-state index in [9.17, 15) is 4.79 Å². The topological polar surface area (TPSA) is 54.9 Å². The fourth-order valence-corrected chi connectivity index (χ4v) is 0.560. The molecule has 0 radical (unpaired) electrons. The highest BCUT2D eigenvalue weighted by Gasteiger charge is 2.03. The molecule has 58 valence electrons. The van der Waals surface area contributed by atoms with Crippen molar-refractivity contribution in [3.63, 3.8) is 0 Å². The van der Waals surface area contributed by atoms with Crippen LogP contribution in [0.25, 0.3) is 0 Å². The average molecular weight is 174 g/mol. The first-order valence-corrected chi connectivity index (χ1v) is 3.17. The molecule has 0 fully saturated rings. The molecule has 1 aromatic heterocycles. The number of carbonyl (C=O) groups is 1. The molecular weight excluding hydrogens is 166 g/mol. The molecule has 4 nitrogen and oxygen atoms in total. The molecule has 11 heavy (non-hydrogen) atoms. The molecule has 1 aromatic rings. The quantitative estimate of drug-likeness (QED) is 0.673. The number of nitrogens with one attached hydrogen (secondary N) is 1. The molecule has 0 saturated heterocycles. The van der Waals surface area contributed by atoms with Gasteiger partial charge in [-0.05, 0) is 12.1 Å². The number of nitrogens with zero attached hydrogens (tertiary/aromatic N) is 2. The average Bonchev–Trinajstić information content (AvgIpc) is 2.13. The number of rotatable bonds is 1. The van der Waals surface area contributed by atoms with E-state index in [1.165, 1.54) is 7.05 Å². The minimum atomic E-state index is -0.553. The Hall–Kier alpha value is -1.16. The van der Waals surface area contributed by atoms with Crippen molar-refractivity contribution < 1.29 is 7.54 Å². The number of amides is 1. The van der Waals surface area contributed by atoms with E-state index >= 15 is 0 Å². The predicted octanol–water partition coefficient (Wildman–Crippen LogP) is 0.490. The first-order chi connectivity index (χ1) is 6.07. The maximum absolute atomic E-state index is 11.0. The normalized spacial score (nSPS) is 11.8. The predicted molar refractivity (Wildman–Crippen MR) is 40.4 cm³/mol. The van der Waals surface area contributed by atoms with Crippen LogP contribution in [0.1, 0.15) is 13.2 Å². The molecule has 0 aromatic carbocycles. The van der Waals surface area contributed by atoms with Gasteiger partial charge >= 0.3 is 0 Å². The van der Waals surface area contributed by atoms with Crippen LogP contribution in [0.5, 0.6) is 0 Å². The van der Waals surface area contributed by atoms with Crippen molar-refractivity contribution in [3.8, 4) is 0 Å². The van der Waals surface area contributed by atoms with E-state index in [-0.39, 0.29) is 22.9 Å². The second-order valence-electron chi connectivity index (χ2n) is 1.67. The summed E-state index contributed by atoms with van der Waals surface area (Å²) in [6.45, 7) is 0. The van der Waals surface area contributed by atoms with Gasteiger partial charge in [0.1, 0.15) is 0 Å². The monoisotopic (exact) mass is 173 g/mol. The lowest BCUT2D eigenvalue weighted by atomic mass is 10.4. The number of halogens is 1. The van der Waals surface area contributed by atoms with Gasteiger partial charge in [0.15, 0.2) is 10.8 Å². The first kappa shape index (κ1) is 5.49. The van der Waals surface area contributed by atoms with Gasteiger partial charge in [0.05, 0.1) is 2.74 Å². The van der Waals surface area contributed by atoms with E-state index in [0.29, 0.717) is 0 Å². The van der Waals surface area contributed by atoms with Crippen LogP contribution in [0, 0.1) is 0 Å². The summed E-state index contributed by atoms with van der Waals surface area (Å²) >= 11 is 5.42. The van der Waals surface area contributed by atoms with Gasteiger partial charge < -0.3 is 5.32 Å². The Morgan fingerprint density at radius 2 is 2.45 bits per heavy atom. The van der Waals surface area contributed by atoms with Crippen LogP contribution in [0.4, 0.5) is 0 Å². The van der Waals surface area contributed by atoms with Crippen molar-refractivity contribution >= 4 is 17.5 Å². The molecule has 5 heteroatoms. The van der Waals surface area contributed by atoms with E-state index in [2.05, 4.69) is 15.5 Å². The summed E-state index contributed by atoms with van der Waals surface area (Å²) in [4.78, 5) is 11.0. The first-order valence-electron chi connectivity index (χ1n) is 3.79. The van der Waals surface area contributed by atoms with Crippen LogP contribution in [-0.4, -0.2) is 23.2 Å². The molecule has 0 bridgehead atoms. The van der Waals surface area contributed by atoms with E-state index in [1.807, 2.05) is 0 Å². The van der Waals surface area contributed by atoms with Crippen molar-refractivity contribution in [3.05, 3.63) is 22.9 Å². The fraction of sp³-hybridized carbons (Fsp3) is 0.167. The van der Waals surface area contributed by atoms with Gasteiger partial charge in [-0.15, -0.1) is 10.2 Å². The van der Waals surface area contributed by atoms with Gasteiger partial charge in [-0.3, -0.25) is 4.79 Å². The van der Waals surface area contributed by atoms with Crippen LogP contribution in [0.2, 0.25) is 5.15 Å². The Balaban J connectivity index is 3.26. The van der Waals surface area contributed by atoms with Crippen LogP contribution in [0.3, 0.4) is 0 Å². The van der Waals surface area contributed by atoms with Gasteiger partial charge in [-0.2, -0.15) is 0 Å². The molecule has 0 spiro atoms. The molecule has 0 aliphatic heterocycles. The van der Waals surface area contributed by atoms with Crippen LogP contribution < -0.4 is 5.32 Å². The third kappa shape index (κ3) is 1.88. The summed E-state index contributed by atoms with van der Waals surface area (Å²) in [6, 6.07) is -0.616. The molecular formula is C6H6ClN3O. The van der Waals surface area contributed by atoms with E-state index < -0.39 is 5.91 Å². The van der Waals surface area contributed by atoms with Crippen molar-refractivity contribution in [1.29, 1.82) is 0 Å². The lowest BCUT2D eigenvalue weighted by Crippen LogP contribution is -2.19. The second kappa shape index (κ2) is 3.30. The van der Waals surface area contributed by atoms with Gasteiger partial charge in [0, 0.05) is 7.05 Å². The Kier molecular flexibility index (Phi) is 1.64. The zero-order valence-corrected chi connectivity index (χ0v) is 6.44. The van der Waals surface area contributed by atoms with E-state index in [4.69, 9.17) is 14.3 Å². The van der Waals surface area contributed by atoms with Crippen LogP contribution in [0.15, 0.2) is 12.1 Å². The maximum Gasteiger partial charge on any atom is 0.271 e. The third-order valence-electron chi connectivity index (χ3n) is 0.964. The summed E-state index contributed by atoms with van der Waals surface area (Å²) < 4.78 is 14.6. The third-order valence-corrected chi connectivity index (χ3v) is 1.13. The minimum absolute atomic E-state index is 0.183. The number of hydrogen-bond donors (Lipinski definition) is 1. The maximum atomic E-state index is 11.0. The zero-order valence-electron chi connectivity index (χ0n) is 7.68. The standard InChI is InChI=1S/C6H6ClN3O/c1-8-6(11)4-2-3-5(7)10-9-4/h2-3H,1H3,(H,8,11)/i2D,3D. The van der Waals surface area contributed by atoms with Gasteiger partial charge in [-0.25, -0.2) is 0 Å². The Morgan fingerprint density at radius 3 is 3.09 bits per heavy atom. The summed E-state index contributed by atoms with van der Waals surface area (Å²) in [5, 5.41) is 8.86. The molecule has 0 atom stereocenters. The summed E-state index contributed by atoms with van der Waals surface area (Å²) in [5.41, 5.74) is -0.197. The largest absolute Gasteiger partial charge is 0.354 e. The van der Waals surface area contributed by atoms with Gasteiger partial charge in [0.2, 0.25) is 0 Å². The Labute approximate surface area is 71.4 Å². The molecule has 1 rings (SSSR count). The fourth-order valence-electron chi connectivity index (χ4n) is 0.475. The minimum Gasteiger partial charge on any atom is -0.354 e. The van der Waals surface area contributed by atoms with Crippen molar-refractivity contribution in [2.45, 2.75) is 0 Å². The highest BCUT2D eigenvalue weighted by Crippen LogP contribution is 2.01. The summed E-state index contributed by atoms with van der Waals surface area (Å²) in [6.07, 6.45) is 0. The Bertz CT molecular complexity index is 358. The van der Waals surface area contributed by atoms with Crippen molar-refractivity contribution in [2.75, 3.05) is 7.05 Å². The zero-order chi connectivity index (χ0) is 10.0. The van der Waals surface area contributed by atoms with E-state index in [1.54, 1.807) is 0 Å².